The summed E-state index contributed by atoms with van der Waals surface area (Å²) in [5.74, 6) is 1.73. The van der Waals surface area contributed by atoms with Crippen molar-refractivity contribution < 1.29 is 13.7 Å². The van der Waals surface area contributed by atoms with Gasteiger partial charge in [-0.1, -0.05) is 25.1 Å². The van der Waals surface area contributed by atoms with Crippen LogP contribution in [0.25, 0.3) is 11.6 Å². The van der Waals surface area contributed by atoms with E-state index in [1.54, 1.807) is 30.8 Å². The van der Waals surface area contributed by atoms with E-state index in [4.69, 9.17) is 8.94 Å². The predicted octanol–water partition coefficient (Wildman–Crippen LogP) is 3.56. The van der Waals surface area contributed by atoms with Gasteiger partial charge >= 0.3 is 0 Å². The van der Waals surface area contributed by atoms with Gasteiger partial charge < -0.3 is 14.3 Å². The SMILES string of the molecule is CC(C)CC(NC(=O)CCc1nc(-c2ccco2)no1)c1cccnc1. The molecule has 7 nitrogen and oxygen atoms in total. The summed E-state index contributed by atoms with van der Waals surface area (Å²) in [6.45, 7) is 4.26. The second kappa shape index (κ2) is 8.42. The fraction of sp³-hybridized carbons (Fsp3) is 0.368. The van der Waals surface area contributed by atoms with Crippen LogP contribution < -0.4 is 5.32 Å². The number of hydrogen-bond acceptors (Lipinski definition) is 6. The lowest BCUT2D eigenvalue weighted by atomic mass is 9.98. The van der Waals surface area contributed by atoms with Gasteiger partial charge in [-0.15, -0.1) is 0 Å². The van der Waals surface area contributed by atoms with Gasteiger partial charge in [-0.3, -0.25) is 9.78 Å². The first-order valence-corrected chi connectivity index (χ1v) is 8.67. The minimum Gasteiger partial charge on any atom is -0.461 e. The molecule has 3 rings (SSSR count). The van der Waals surface area contributed by atoms with Gasteiger partial charge in [0.25, 0.3) is 0 Å². The molecule has 0 saturated carbocycles. The van der Waals surface area contributed by atoms with E-state index in [2.05, 4.69) is 34.3 Å². The van der Waals surface area contributed by atoms with Crippen molar-refractivity contribution in [2.24, 2.45) is 5.92 Å². The van der Waals surface area contributed by atoms with Crippen molar-refractivity contribution in [2.75, 3.05) is 0 Å². The first kappa shape index (κ1) is 17.8. The van der Waals surface area contributed by atoms with Crippen LogP contribution in [0.3, 0.4) is 0 Å². The Balaban J connectivity index is 1.57. The van der Waals surface area contributed by atoms with Gasteiger partial charge in [0.2, 0.25) is 17.6 Å². The summed E-state index contributed by atoms with van der Waals surface area (Å²) in [6.07, 6.45) is 6.56. The third-order valence-corrected chi connectivity index (χ3v) is 3.90. The van der Waals surface area contributed by atoms with Gasteiger partial charge in [0, 0.05) is 25.2 Å². The van der Waals surface area contributed by atoms with E-state index in [-0.39, 0.29) is 18.4 Å². The Morgan fingerprint density at radius 1 is 1.27 bits per heavy atom. The summed E-state index contributed by atoms with van der Waals surface area (Å²) in [5, 5.41) is 6.95. The van der Waals surface area contributed by atoms with E-state index in [1.165, 1.54) is 0 Å². The second-order valence-corrected chi connectivity index (χ2v) is 6.53. The standard InChI is InChI=1S/C19H22N4O3/c1-13(2)11-15(14-5-3-9-20-12-14)21-17(24)7-8-18-22-19(23-26-18)16-6-4-10-25-16/h3-6,9-10,12-13,15H,7-8,11H2,1-2H3,(H,21,24). The quantitative estimate of drug-likeness (QED) is 0.665. The molecule has 0 radical (unpaired) electrons. The summed E-state index contributed by atoms with van der Waals surface area (Å²) in [7, 11) is 0. The molecule has 3 heterocycles. The average molecular weight is 354 g/mol. The van der Waals surface area contributed by atoms with Gasteiger partial charge in [-0.25, -0.2) is 0 Å². The summed E-state index contributed by atoms with van der Waals surface area (Å²) in [4.78, 5) is 20.8. The molecule has 0 bridgehead atoms. The highest BCUT2D eigenvalue weighted by molar-refractivity contribution is 5.76. The van der Waals surface area contributed by atoms with Crippen LogP contribution in [-0.4, -0.2) is 21.0 Å². The molecule has 0 saturated heterocycles. The van der Waals surface area contributed by atoms with E-state index in [1.807, 2.05) is 12.1 Å². The monoisotopic (exact) mass is 354 g/mol. The van der Waals surface area contributed by atoms with Crippen LogP contribution in [0.15, 0.2) is 51.9 Å². The molecule has 3 aromatic heterocycles. The van der Waals surface area contributed by atoms with Gasteiger partial charge in [0.1, 0.15) is 0 Å². The predicted molar refractivity (Wildman–Crippen MR) is 94.9 cm³/mol. The molecule has 1 atom stereocenters. The summed E-state index contributed by atoms with van der Waals surface area (Å²) in [5.41, 5.74) is 1.01. The number of aryl methyl sites for hydroxylation is 1. The average Bonchev–Trinajstić information content (AvgIpc) is 3.31. The molecule has 1 N–H and O–H groups in total. The topological polar surface area (TPSA) is 94.1 Å². The molecule has 0 aliphatic carbocycles. The molecular formula is C19H22N4O3. The third-order valence-electron chi connectivity index (χ3n) is 3.90. The zero-order valence-electron chi connectivity index (χ0n) is 14.9. The van der Waals surface area contributed by atoms with Crippen LogP contribution in [0.4, 0.5) is 0 Å². The Labute approximate surface area is 151 Å². The summed E-state index contributed by atoms with van der Waals surface area (Å²) in [6, 6.07) is 7.31. The van der Waals surface area contributed by atoms with Crippen LogP contribution in [0, 0.1) is 5.92 Å². The lowest BCUT2D eigenvalue weighted by Crippen LogP contribution is -2.29. The van der Waals surface area contributed by atoms with Crippen molar-refractivity contribution in [3.05, 3.63) is 54.4 Å². The van der Waals surface area contributed by atoms with Crippen molar-refractivity contribution in [2.45, 2.75) is 39.2 Å². The van der Waals surface area contributed by atoms with Crippen LogP contribution >= 0.6 is 0 Å². The number of furan rings is 1. The van der Waals surface area contributed by atoms with Crippen LogP contribution in [0.5, 0.6) is 0 Å². The van der Waals surface area contributed by atoms with Crippen LogP contribution in [-0.2, 0) is 11.2 Å². The summed E-state index contributed by atoms with van der Waals surface area (Å²) >= 11 is 0. The Bertz CT molecular complexity index is 812. The molecule has 0 fully saturated rings. The van der Waals surface area contributed by atoms with E-state index in [9.17, 15) is 4.79 Å². The highest BCUT2D eigenvalue weighted by atomic mass is 16.5. The highest BCUT2D eigenvalue weighted by Gasteiger charge is 2.17. The van der Waals surface area contributed by atoms with E-state index in [0.717, 1.165) is 12.0 Å². The number of aromatic nitrogens is 3. The molecule has 7 heteroatoms. The number of carbonyl (C=O) groups excluding carboxylic acids is 1. The van der Waals surface area contributed by atoms with Gasteiger partial charge in [-0.05, 0) is 36.1 Å². The Kier molecular flexibility index (Phi) is 5.78. The maximum Gasteiger partial charge on any atom is 0.238 e. The fourth-order valence-electron chi connectivity index (χ4n) is 2.68. The third kappa shape index (κ3) is 4.78. The Morgan fingerprint density at radius 3 is 2.85 bits per heavy atom. The van der Waals surface area contributed by atoms with Gasteiger partial charge in [-0.2, -0.15) is 4.98 Å². The summed E-state index contributed by atoms with van der Waals surface area (Å²) < 4.78 is 10.4. The minimum absolute atomic E-state index is 0.0578. The largest absolute Gasteiger partial charge is 0.461 e. The fourth-order valence-corrected chi connectivity index (χ4v) is 2.68. The van der Waals surface area contributed by atoms with Gasteiger partial charge in [0.05, 0.1) is 12.3 Å². The number of rotatable bonds is 8. The molecular weight excluding hydrogens is 332 g/mol. The zero-order chi connectivity index (χ0) is 18.4. The lowest BCUT2D eigenvalue weighted by Gasteiger charge is -2.20. The molecule has 3 aromatic rings. The van der Waals surface area contributed by atoms with Gasteiger partial charge in [0.15, 0.2) is 5.76 Å². The molecule has 0 aromatic carbocycles. The number of carbonyl (C=O) groups is 1. The van der Waals surface area contributed by atoms with E-state index in [0.29, 0.717) is 29.8 Å². The van der Waals surface area contributed by atoms with E-state index >= 15 is 0 Å². The number of amides is 1. The Morgan fingerprint density at radius 2 is 2.15 bits per heavy atom. The molecule has 1 unspecified atom stereocenters. The van der Waals surface area contributed by atoms with Crippen LogP contribution in [0.1, 0.15) is 44.2 Å². The highest BCUT2D eigenvalue weighted by Crippen LogP contribution is 2.21. The van der Waals surface area contributed by atoms with Crippen molar-refractivity contribution in [1.29, 1.82) is 0 Å². The Hall–Kier alpha value is -2.96. The number of pyridine rings is 1. The van der Waals surface area contributed by atoms with E-state index < -0.39 is 0 Å². The first-order valence-electron chi connectivity index (χ1n) is 8.67. The van der Waals surface area contributed by atoms with Crippen LogP contribution in [0.2, 0.25) is 0 Å². The van der Waals surface area contributed by atoms with Crippen molar-refractivity contribution in [3.8, 4) is 11.6 Å². The number of nitrogens with zero attached hydrogens (tertiary/aromatic N) is 3. The molecule has 0 aliphatic rings. The first-order chi connectivity index (χ1) is 12.6. The molecule has 0 spiro atoms. The van der Waals surface area contributed by atoms with Crippen molar-refractivity contribution >= 4 is 5.91 Å². The normalized spacial score (nSPS) is 12.3. The zero-order valence-corrected chi connectivity index (χ0v) is 14.9. The minimum atomic E-state index is -0.0581. The molecule has 1 amide bonds. The van der Waals surface area contributed by atoms with Crippen molar-refractivity contribution in [1.82, 2.24) is 20.4 Å². The molecule has 136 valence electrons. The maximum atomic E-state index is 12.4. The van der Waals surface area contributed by atoms with Crippen molar-refractivity contribution in [3.63, 3.8) is 0 Å². The number of hydrogen-bond donors (Lipinski definition) is 1. The molecule has 0 aliphatic heterocycles. The molecule has 26 heavy (non-hydrogen) atoms. The lowest BCUT2D eigenvalue weighted by molar-refractivity contribution is -0.122. The maximum absolute atomic E-state index is 12.4. The number of nitrogens with one attached hydrogen (secondary N) is 1. The smallest absolute Gasteiger partial charge is 0.238 e. The second-order valence-electron chi connectivity index (χ2n) is 6.53.